The molecule has 1 fully saturated rings. The number of amides is 1. The summed E-state index contributed by atoms with van der Waals surface area (Å²) in [5, 5.41) is 10.8. The van der Waals surface area contributed by atoms with E-state index in [4.69, 9.17) is 5.73 Å². The standard InChI is InChI=1S/C14H20N4O5S/c1-14(2,15)13(19)16-6-8-17(9-7-16)24(22,23)12-5-3-4-11(10-12)18(20)21/h3-5,10H,6-9,15H2,1-2H3. The number of hydrogen-bond acceptors (Lipinski definition) is 6. The Hall–Kier alpha value is -2.04. The second-order valence-electron chi connectivity index (χ2n) is 6.17. The van der Waals surface area contributed by atoms with Crippen molar-refractivity contribution < 1.29 is 18.1 Å². The number of nitro groups is 1. The van der Waals surface area contributed by atoms with Crippen molar-refractivity contribution >= 4 is 21.6 Å². The summed E-state index contributed by atoms with van der Waals surface area (Å²) in [6, 6.07) is 4.93. The van der Waals surface area contributed by atoms with Gasteiger partial charge in [-0.05, 0) is 19.9 Å². The van der Waals surface area contributed by atoms with Crippen molar-refractivity contribution in [1.82, 2.24) is 9.21 Å². The largest absolute Gasteiger partial charge is 0.338 e. The van der Waals surface area contributed by atoms with Crippen LogP contribution in [0.1, 0.15) is 13.8 Å². The van der Waals surface area contributed by atoms with Gasteiger partial charge in [0.2, 0.25) is 15.9 Å². The van der Waals surface area contributed by atoms with E-state index in [0.717, 1.165) is 6.07 Å². The number of nitrogens with two attached hydrogens (primary N) is 1. The first-order chi connectivity index (χ1) is 11.0. The summed E-state index contributed by atoms with van der Waals surface area (Å²) in [6.45, 7) is 3.89. The van der Waals surface area contributed by atoms with Crippen LogP contribution in [0.2, 0.25) is 0 Å². The van der Waals surface area contributed by atoms with Crippen molar-refractivity contribution in [2.75, 3.05) is 26.2 Å². The highest BCUT2D eigenvalue weighted by Crippen LogP contribution is 2.22. The number of carbonyl (C=O) groups excluding carboxylic acids is 1. The Morgan fingerprint density at radius 3 is 2.33 bits per heavy atom. The zero-order valence-electron chi connectivity index (χ0n) is 13.5. The summed E-state index contributed by atoms with van der Waals surface area (Å²) >= 11 is 0. The summed E-state index contributed by atoms with van der Waals surface area (Å²) in [5.74, 6) is -0.241. The van der Waals surface area contributed by atoms with E-state index in [1.165, 1.54) is 27.4 Å². The van der Waals surface area contributed by atoms with E-state index in [1.807, 2.05) is 0 Å². The number of sulfonamides is 1. The van der Waals surface area contributed by atoms with Crippen LogP contribution < -0.4 is 5.73 Å². The highest BCUT2D eigenvalue weighted by Gasteiger charge is 2.34. The highest BCUT2D eigenvalue weighted by atomic mass is 32.2. The molecule has 1 aromatic carbocycles. The molecule has 0 radical (unpaired) electrons. The summed E-state index contributed by atoms with van der Waals surface area (Å²) in [4.78, 5) is 23.7. The molecule has 1 amide bonds. The number of nitrogens with zero attached hydrogens (tertiary/aromatic N) is 3. The van der Waals surface area contributed by atoms with Gasteiger partial charge in [0.15, 0.2) is 0 Å². The van der Waals surface area contributed by atoms with Gasteiger partial charge in [-0.25, -0.2) is 8.42 Å². The van der Waals surface area contributed by atoms with Crippen LogP contribution in [0.3, 0.4) is 0 Å². The molecule has 1 heterocycles. The lowest BCUT2D eigenvalue weighted by molar-refractivity contribution is -0.385. The third-order valence-electron chi connectivity index (χ3n) is 3.74. The number of carbonyl (C=O) groups is 1. The second kappa shape index (κ2) is 6.46. The molecule has 1 saturated heterocycles. The quantitative estimate of drug-likeness (QED) is 0.605. The van der Waals surface area contributed by atoms with Crippen molar-refractivity contribution in [2.45, 2.75) is 24.3 Å². The van der Waals surface area contributed by atoms with Gasteiger partial charge in [0.25, 0.3) is 5.69 Å². The smallest absolute Gasteiger partial charge is 0.270 e. The van der Waals surface area contributed by atoms with Crippen LogP contribution in [0.5, 0.6) is 0 Å². The van der Waals surface area contributed by atoms with Gasteiger partial charge >= 0.3 is 0 Å². The molecule has 10 heteroatoms. The Morgan fingerprint density at radius 1 is 1.25 bits per heavy atom. The first-order valence-corrected chi connectivity index (χ1v) is 8.80. The number of non-ortho nitro benzene ring substituents is 1. The van der Waals surface area contributed by atoms with Gasteiger partial charge < -0.3 is 10.6 Å². The molecule has 0 bridgehead atoms. The van der Waals surface area contributed by atoms with Crippen molar-refractivity contribution in [3.05, 3.63) is 34.4 Å². The van der Waals surface area contributed by atoms with E-state index >= 15 is 0 Å². The van der Waals surface area contributed by atoms with Crippen molar-refractivity contribution in [2.24, 2.45) is 5.73 Å². The van der Waals surface area contributed by atoms with Gasteiger partial charge in [-0.15, -0.1) is 0 Å². The Kier molecular flexibility index (Phi) is 4.92. The minimum Gasteiger partial charge on any atom is -0.338 e. The minimum atomic E-state index is -3.84. The number of piperazine rings is 1. The molecule has 132 valence electrons. The van der Waals surface area contributed by atoms with E-state index in [-0.39, 0.29) is 42.7 Å². The summed E-state index contributed by atoms with van der Waals surface area (Å²) < 4.78 is 26.4. The molecule has 0 aromatic heterocycles. The number of hydrogen-bond donors (Lipinski definition) is 1. The van der Waals surface area contributed by atoms with Gasteiger partial charge in [-0.1, -0.05) is 6.07 Å². The summed E-state index contributed by atoms with van der Waals surface area (Å²) in [5.41, 5.74) is 4.48. The average Bonchev–Trinajstić information content (AvgIpc) is 2.53. The van der Waals surface area contributed by atoms with Gasteiger partial charge in [0.05, 0.1) is 15.4 Å². The second-order valence-corrected chi connectivity index (χ2v) is 8.11. The predicted octanol–water partition coefficient (Wildman–Crippen LogP) is 0.165. The molecule has 9 nitrogen and oxygen atoms in total. The van der Waals surface area contributed by atoms with Crippen LogP contribution in [-0.2, 0) is 14.8 Å². The maximum absolute atomic E-state index is 12.6. The predicted molar refractivity (Wildman–Crippen MR) is 86.7 cm³/mol. The molecular formula is C14H20N4O5S. The maximum atomic E-state index is 12.6. The maximum Gasteiger partial charge on any atom is 0.270 e. The lowest BCUT2D eigenvalue weighted by Crippen LogP contribution is -2.57. The van der Waals surface area contributed by atoms with Crippen molar-refractivity contribution in [3.8, 4) is 0 Å². The first kappa shape index (κ1) is 18.3. The molecule has 0 atom stereocenters. The topological polar surface area (TPSA) is 127 Å². The van der Waals surface area contributed by atoms with Gasteiger partial charge in [0.1, 0.15) is 0 Å². The van der Waals surface area contributed by atoms with Crippen molar-refractivity contribution in [1.29, 1.82) is 0 Å². The lowest BCUT2D eigenvalue weighted by atomic mass is 10.1. The first-order valence-electron chi connectivity index (χ1n) is 7.36. The molecule has 1 aromatic rings. The average molecular weight is 356 g/mol. The Bertz CT molecular complexity index is 749. The van der Waals surface area contributed by atoms with E-state index in [9.17, 15) is 23.3 Å². The SMILES string of the molecule is CC(C)(N)C(=O)N1CCN(S(=O)(=O)c2cccc([N+](=O)[O-])c2)CC1. The van der Waals surface area contributed by atoms with E-state index < -0.39 is 20.5 Å². The van der Waals surface area contributed by atoms with Crippen LogP contribution in [-0.4, -0.2) is 60.2 Å². The normalized spacial score (nSPS) is 16.9. The van der Waals surface area contributed by atoms with Gasteiger partial charge in [-0.2, -0.15) is 4.31 Å². The highest BCUT2D eigenvalue weighted by molar-refractivity contribution is 7.89. The Balaban J connectivity index is 2.15. The zero-order chi connectivity index (χ0) is 18.1. The fourth-order valence-corrected chi connectivity index (χ4v) is 3.91. The molecule has 0 unspecified atom stereocenters. The molecule has 1 aliphatic heterocycles. The third-order valence-corrected chi connectivity index (χ3v) is 5.64. The molecule has 1 aliphatic rings. The number of benzene rings is 1. The monoisotopic (exact) mass is 356 g/mol. The third kappa shape index (κ3) is 3.71. The summed E-state index contributed by atoms with van der Waals surface area (Å²) in [7, 11) is -3.84. The summed E-state index contributed by atoms with van der Waals surface area (Å²) in [6.07, 6.45) is 0. The zero-order valence-corrected chi connectivity index (χ0v) is 14.3. The molecule has 2 N–H and O–H groups in total. The fourth-order valence-electron chi connectivity index (χ4n) is 2.45. The van der Waals surface area contributed by atoms with Crippen LogP contribution in [0, 0.1) is 10.1 Å². The fraction of sp³-hybridized carbons (Fsp3) is 0.500. The lowest BCUT2D eigenvalue weighted by Gasteiger charge is -2.36. The molecule has 2 rings (SSSR count). The van der Waals surface area contributed by atoms with Crippen LogP contribution in [0.15, 0.2) is 29.2 Å². The van der Waals surface area contributed by atoms with E-state index in [1.54, 1.807) is 13.8 Å². The Morgan fingerprint density at radius 2 is 1.83 bits per heavy atom. The van der Waals surface area contributed by atoms with Crippen molar-refractivity contribution in [3.63, 3.8) is 0 Å². The van der Waals surface area contributed by atoms with E-state index in [2.05, 4.69) is 0 Å². The van der Waals surface area contributed by atoms with Crippen LogP contribution in [0.25, 0.3) is 0 Å². The molecule has 0 saturated carbocycles. The number of rotatable bonds is 4. The van der Waals surface area contributed by atoms with Gasteiger partial charge in [0, 0.05) is 38.3 Å². The molecular weight excluding hydrogens is 336 g/mol. The Labute approximate surface area is 140 Å². The molecule has 24 heavy (non-hydrogen) atoms. The van der Waals surface area contributed by atoms with Gasteiger partial charge in [-0.3, -0.25) is 14.9 Å². The molecule has 0 aliphatic carbocycles. The molecule has 0 spiro atoms. The van der Waals surface area contributed by atoms with Crippen LogP contribution in [0.4, 0.5) is 5.69 Å². The van der Waals surface area contributed by atoms with E-state index in [0.29, 0.717) is 0 Å². The van der Waals surface area contributed by atoms with Crippen LogP contribution >= 0.6 is 0 Å². The number of nitro benzene ring substituents is 1. The minimum absolute atomic E-state index is 0.118.